The molecular weight excluding hydrogens is 348 g/mol. The molecule has 0 unspecified atom stereocenters. The molecule has 8 heteroatoms. The Bertz CT molecular complexity index is 648. The van der Waals surface area contributed by atoms with Crippen LogP contribution in [0.3, 0.4) is 0 Å². The van der Waals surface area contributed by atoms with Gasteiger partial charge in [-0.25, -0.2) is 4.98 Å². The Morgan fingerprint density at radius 1 is 1.33 bits per heavy atom. The van der Waals surface area contributed by atoms with E-state index in [1.165, 1.54) is 0 Å². The Labute approximate surface area is 159 Å². The summed E-state index contributed by atoms with van der Waals surface area (Å²) in [5.41, 5.74) is 0.845. The summed E-state index contributed by atoms with van der Waals surface area (Å²) < 4.78 is 10.8. The van der Waals surface area contributed by atoms with E-state index in [-0.39, 0.29) is 23.7 Å². The molecule has 2 N–H and O–H groups in total. The van der Waals surface area contributed by atoms with Crippen molar-refractivity contribution < 1.29 is 19.1 Å². The molecular formula is C19H28N4O4. The first-order valence-electron chi connectivity index (χ1n) is 9.60. The standard InChI is InChI=1S/C19H28N4O4/c1-2-27-18-14(4-3-5-21-18)13-22-17(24)15-10-16(12-20-11-15)19(25)23-6-8-26-9-7-23/h3-5,15-16,20H,2,6-13H2,1H3,(H,22,24)/t15-,16-/m1/s1. The van der Waals surface area contributed by atoms with Gasteiger partial charge in [0.2, 0.25) is 17.7 Å². The molecule has 0 bridgehead atoms. The van der Waals surface area contributed by atoms with Gasteiger partial charge >= 0.3 is 0 Å². The minimum absolute atomic E-state index is 0.0479. The molecule has 27 heavy (non-hydrogen) atoms. The highest BCUT2D eigenvalue weighted by atomic mass is 16.5. The van der Waals surface area contributed by atoms with E-state index < -0.39 is 0 Å². The number of amides is 2. The van der Waals surface area contributed by atoms with Gasteiger partial charge in [-0.2, -0.15) is 0 Å². The second kappa shape index (κ2) is 9.66. The summed E-state index contributed by atoms with van der Waals surface area (Å²) in [6.07, 6.45) is 2.24. The van der Waals surface area contributed by atoms with Gasteiger partial charge in [0.1, 0.15) is 0 Å². The molecule has 2 amide bonds. The molecule has 2 atom stereocenters. The van der Waals surface area contributed by atoms with Crippen molar-refractivity contribution in [2.45, 2.75) is 19.9 Å². The lowest BCUT2D eigenvalue weighted by molar-refractivity contribution is -0.141. The molecule has 3 heterocycles. The molecule has 1 aromatic rings. The average Bonchev–Trinajstić information content (AvgIpc) is 2.73. The predicted octanol–water partition coefficient (Wildman–Crippen LogP) is 0.181. The molecule has 0 spiro atoms. The van der Waals surface area contributed by atoms with Gasteiger partial charge in [-0.3, -0.25) is 9.59 Å². The van der Waals surface area contributed by atoms with Crippen LogP contribution in [0, 0.1) is 11.8 Å². The van der Waals surface area contributed by atoms with Gasteiger partial charge in [0.05, 0.1) is 31.7 Å². The third-order valence-electron chi connectivity index (χ3n) is 4.98. The van der Waals surface area contributed by atoms with E-state index in [0.29, 0.717) is 64.8 Å². The predicted molar refractivity (Wildman–Crippen MR) is 99.1 cm³/mol. The van der Waals surface area contributed by atoms with Gasteiger partial charge in [-0.15, -0.1) is 0 Å². The average molecular weight is 376 g/mol. The Morgan fingerprint density at radius 3 is 2.89 bits per heavy atom. The Balaban J connectivity index is 1.53. The van der Waals surface area contributed by atoms with Gasteiger partial charge in [0.25, 0.3) is 0 Å². The van der Waals surface area contributed by atoms with Crippen LogP contribution in [0.15, 0.2) is 18.3 Å². The molecule has 1 aromatic heterocycles. The normalized spacial score (nSPS) is 22.9. The van der Waals surface area contributed by atoms with Crippen molar-refractivity contribution in [3.8, 4) is 5.88 Å². The van der Waals surface area contributed by atoms with Crippen molar-refractivity contribution in [3.05, 3.63) is 23.9 Å². The first-order chi connectivity index (χ1) is 13.2. The minimum Gasteiger partial charge on any atom is -0.478 e. The van der Waals surface area contributed by atoms with E-state index in [9.17, 15) is 9.59 Å². The Hall–Kier alpha value is -2.19. The van der Waals surface area contributed by atoms with Gasteiger partial charge in [0, 0.05) is 44.5 Å². The molecule has 0 saturated carbocycles. The summed E-state index contributed by atoms with van der Waals surface area (Å²) in [7, 11) is 0. The number of carbonyl (C=O) groups is 2. The van der Waals surface area contributed by atoms with Gasteiger partial charge < -0.3 is 25.0 Å². The Kier molecular flexibility index (Phi) is 7.00. The number of ether oxygens (including phenoxy) is 2. The Morgan fingerprint density at radius 2 is 2.11 bits per heavy atom. The number of piperidine rings is 1. The zero-order valence-electron chi connectivity index (χ0n) is 15.8. The molecule has 2 fully saturated rings. The van der Waals surface area contributed by atoms with Crippen molar-refractivity contribution in [1.82, 2.24) is 20.5 Å². The van der Waals surface area contributed by atoms with Crippen LogP contribution in [-0.2, 0) is 20.9 Å². The lowest BCUT2D eigenvalue weighted by Crippen LogP contribution is -2.51. The van der Waals surface area contributed by atoms with Crippen LogP contribution in [0.5, 0.6) is 5.88 Å². The second-order valence-corrected chi connectivity index (χ2v) is 6.84. The fourth-order valence-electron chi connectivity index (χ4n) is 3.52. The highest BCUT2D eigenvalue weighted by molar-refractivity contribution is 5.83. The number of morpholine rings is 1. The molecule has 2 aliphatic heterocycles. The molecule has 2 saturated heterocycles. The quantitative estimate of drug-likeness (QED) is 0.736. The van der Waals surface area contributed by atoms with E-state index in [1.807, 2.05) is 24.0 Å². The van der Waals surface area contributed by atoms with E-state index in [2.05, 4.69) is 15.6 Å². The van der Waals surface area contributed by atoms with Crippen molar-refractivity contribution in [2.24, 2.45) is 11.8 Å². The number of rotatable bonds is 6. The van der Waals surface area contributed by atoms with Crippen LogP contribution < -0.4 is 15.4 Å². The maximum Gasteiger partial charge on any atom is 0.227 e. The zero-order valence-corrected chi connectivity index (χ0v) is 15.8. The first-order valence-corrected chi connectivity index (χ1v) is 9.60. The van der Waals surface area contributed by atoms with Gasteiger partial charge in [-0.05, 0) is 19.4 Å². The fraction of sp³-hybridized carbons (Fsp3) is 0.632. The lowest BCUT2D eigenvalue weighted by atomic mass is 9.88. The number of hydrogen-bond acceptors (Lipinski definition) is 6. The molecule has 0 aromatic carbocycles. The van der Waals surface area contributed by atoms with Crippen LogP contribution in [0.2, 0.25) is 0 Å². The van der Waals surface area contributed by atoms with E-state index in [1.54, 1.807) is 6.20 Å². The maximum absolute atomic E-state index is 12.7. The van der Waals surface area contributed by atoms with Gasteiger partial charge in [-0.1, -0.05) is 6.07 Å². The summed E-state index contributed by atoms with van der Waals surface area (Å²) in [6.45, 7) is 6.43. The largest absolute Gasteiger partial charge is 0.478 e. The third-order valence-corrected chi connectivity index (χ3v) is 4.98. The van der Waals surface area contributed by atoms with Crippen LogP contribution in [0.25, 0.3) is 0 Å². The highest BCUT2D eigenvalue weighted by Gasteiger charge is 2.33. The smallest absolute Gasteiger partial charge is 0.227 e. The maximum atomic E-state index is 12.7. The summed E-state index contributed by atoms with van der Waals surface area (Å²) in [4.78, 5) is 31.4. The van der Waals surface area contributed by atoms with Crippen LogP contribution in [0.4, 0.5) is 0 Å². The number of hydrogen-bond donors (Lipinski definition) is 2. The number of nitrogens with zero attached hydrogens (tertiary/aromatic N) is 2. The van der Waals surface area contributed by atoms with E-state index in [0.717, 1.165) is 5.56 Å². The van der Waals surface area contributed by atoms with Gasteiger partial charge in [0.15, 0.2) is 0 Å². The highest BCUT2D eigenvalue weighted by Crippen LogP contribution is 2.20. The van der Waals surface area contributed by atoms with Crippen molar-refractivity contribution >= 4 is 11.8 Å². The first kappa shape index (κ1) is 19.6. The summed E-state index contributed by atoms with van der Waals surface area (Å²) >= 11 is 0. The molecule has 2 aliphatic rings. The molecule has 3 rings (SSSR count). The van der Waals surface area contributed by atoms with Crippen molar-refractivity contribution in [1.29, 1.82) is 0 Å². The van der Waals surface area contributed by atoms with Crippen LogP contribution in [0.1, 0.15) is 18.9 Å². The third kappa shape index (κ3) is 5.17. The van der Waals surface area contributed by atoms with E-state index in [4.69, 9.17) is 9.47 Å². The van der Waals surface area contributed by atoms with Crippen LogP contribution in [-0.4, -0.2) is 67.7 Å². The SMILES string of the molecule is CCOc1ncccc1CNC(=O)[C@H]1CNC[C@H](C(=O)N2CCOCC2)C1. The number of aromatic nitrogens is 1. The second-order valence-electron chi connectivity index (χ2n) is 6.84. The lowest BCUT2D eigenvalue weighted by Gasteiger charge is -2.34. The molecule has 8 nitrogen and oxygen atoms in total. The monoisotopic (exact) mass is 376 g/mol. The fourth-order valence-corrected chi connectivity index (χ4v) is 3.52. The van der Waals surface area contributed by atoms with Crippen LogP contribution >= 0.6 is 0 Å². The zero-order chi connectivity index (χ0) is 19.1. The molecule has 148 valence electrons. The van der Waals surface area contributed by atoms with Crippen molar-refractivity contribution in [2.75, 3.05) is 46.0 Å². The number of pyridine rings is 1. The van der Waals surface area contributed by atoms with E-state index >= 15 is 0 Å². The summed E-state index contributed by atoms with van der Waals surface area (Å²) in [5, 5.41) is 6.20. The topological polar surface area (TPSA) is 92.8 Å². The molecule has 0 radical (unpaired) electrons. The minimum atomic E-state index is -0.221. The summed E-state index contributed by atoms with van der Waals surface area (Å²) in [5.74, 6) is 0.232. The molecule has 0 aliphatic carbocycles. The summed E-state index contributed by atoms with van der Waals surface area (Å²) in [6, 6.07) is 3.71. The number of nitrogens with one attached hydrogen (secondary N) is 2. The van der Waals surface area contributed by atoms with Crippen molar-refractivity contribution in [3.63, 3.8) is 0 Å². The number of carbonyl (C=O) groups excluding carboxylic acids is 2.